The zero-order chi connectivity index (χ0) is 53.9. The Morgan fingerprint density at radius 1 is 0.680 bits per heavy atom. The number of phenolic OH excluding ortho intramolecular Hbond substituents is 1. The summed E-state index contributed by atoms with van der Waals surface area (Å²) in [4.78, 5) is 36.9. The number of ketones is 2. The second-order valence-corrected chi connectivity index (χ2v) is 19.4. The van der Waals surface area contributed by atoms with Gasteiger partial charge in [-0.25, -0.2) is 8.78 Å². The Kier molecular flexibility index (Phi) is 29.0. The van der Waals surface area contributed by atoms with Gasteiger partial charge in [0, 0.05) is 24.0 Å². The third kappa shape index (κ3) is 20.6. The number of hydrogen-bond acceptors (Lipinski definition) is 16. The van der Waals surface area contributed by atoms with E-state index in [1.165, 1.54) is 40.6 Å². The van der Waals surface area contributed by atoms with Crippen molar-refractivity contribution in [1.82, 2.24) is 0 Å². The molecule has 0 atom stereocenters. The average molecular weight is 1120 g/mol. The number of carbonyl (C=O) groups is 3. The van der Waals surface area contributed by atoms with Gasteiger partial charge in [-0.3, -0.25) is 18.6 Å². The van der Waals surface area contributed by atoms with Gasteiger partial charge in [-0.1, -0.05) is 17.7 Å². The number of methoxy groups -OCH3 is 4. The maximum atomic E-state index is 12.9. The number of hydrogen-bond donors (Lipinski definition) is 1. The Balaban J connectivity index is 0.000000565. The number of halogens is 2. The second kappa shape index (κ2) is 32.3. The van der Waals surface area contributed by atoms with Crippen molar-refractivity contribution in [3.8, 4) is 46.0 Å². The Morgan fingerprint density at radius 3 is 1.45 bits per heavy atom. The zero-order valence-electron chi connectivity index (χ0n) is 45.5. The molecule has 1 N–H and O–H groups in total. The third-order valence-corrected chi connectivity index (χ3v) is 12.6. The summed E-state index contributed by atoms with van der Waals surface area (Å²) in [6.45, 7) is 7.97. The first-order chi connectivity index (χ1) is 34.7. The van der Waals surface area contributed by atoms with Crippen molar-refractivity contribution in [2.45, 2.75) is 89.2 Å². The largest absolute Gasteiger partial charge is 1.00 e. The van der Waals surface area contributed by atoms with Gasteiger partial charge >= 0.3 is 103 Å². The van der Waals surface area contributed by atoms with Crippen molar-refractivity contribution >= 4 is 28.2 Å². The van der Waals surface area contributed by atoms with E-state index in [0.717, 1.165) is 65.0 Å². The Morgan fingerprint density at radius 2 is 1.08 bits per heavy atom. The summed E-state index contributed by atoms with van der Waals surface area (Å²) < 4.78 is 89.6. The molecule has 0 bridgehead atoms. The molecule has 0 radical (unpaired) electrons. The first kappa shape index (κ1) is 67.4. The third-order valence-electron chi connectivity index (χ3n) is 11.3. The smallest absolute Gasteiger partial charge is 1.00 e. The predicted molar refractivity (Wildman–Crippen MR) is 266 cm³/mol. The van der Waals surface area contributed by atoms with Gasteiger partial charge in [0.15, 0.2) is 34.6 Å². The molecule has 16 nitrogen and oxygen atoms in total. The Hall–Kier alpha value is -3.69. The van der Waals surface area contributed by atoms with E-state index >= 15 is 0 Å². The van der Waals surface area contributed by atoms with Gasteiger partial charge in [-0.05, 0) is 155 Å². The van der Waals surface area contributed by atoms with Crippen molar-refractivity contribution in [2.24, 2.45) is 0 Å². The summed E-state index contributed by atoms with van der Waals surface area (Å²) in [6.07, 6.45) is 3.98. The summed E-state index contributed by atoms with van der Waals surface area (Å²) in [6, 6.07) is 24.1. The van der Waals surface area contributed by atoms with Crippen molar-refractivity contribution in [3.63, 3.8) is 0 Å². The predicted octanol–water partition coefficient (Wildman–Crippen LogP) is 2.74. The number of aryl methyl sites for hydroxylation is 3. The molecular formula is C54H64F2K2O16S. The molecule has 0 unspecified atom stereocenters. The number of alkyl halides is 2. The van der Waals surface area contributed by atoms with Crippen LogP contribution in [0.2, 0.25) is 0 Å². The van der Waals surface area contributed by atoms with Gasteiger partial charge in [0.05, 0.1) is 39.9 Å². The monoisotopic (exact) mass is 1120 g/mol. The summed E-state index contributed by atoms with van der Waals surface area (Å²) in [7, 11) is 2.13. The Bertz CT molecular complexity index is 2730. The van der Waals surface area contributed by atoms with Crippen molar-refractivity contribution in [1.29, 1.82) is 0 Å². The van der Waals surface area contributed by atoms with E-state index in [-0.39, 0.29) is 175 Å². The molecule has 0 amide bonds. The summed E-state index contributed by atoms with van der Waals surface area (Å²) in [5.74, 6) is 3.31. The molecule has 0 aliphatic carbocycles. The minimum atomic E-state index is -3.78. The van der Waals surface area contributed by atoms with E-state index in [9.17, 15) is 31.9 Å². The molecule has 0 fully saturated rings. The van der Waals surface area contributed by atoms with Gasteiger partial charge < -0.3 is 49.8 Å². The first-order valence-electron chi connectivity index (χ1n) is 23.0. The van der Waals surface area contributed by atoms with Gasteiger partial charge in [0.2, 0.25) is 11.5 Å². The van der Waals surface area contributed by atoms with Crippen LogP contribution in [0, 0.1) is 6.92 Å². The van der Waals surface area contributed by atoms with Crippen molar-refractivity contribution in [3.05, 3.63) is 124 Å². The van der Waals surface area contributed by atoms with E-state index in [2.05, 4.69) is 36.8 Å². The molecule has 2 aliphatic heterocycles. The number of aromatic hydroxyl groups is 1. The summed E-state index contributed by atoms with van der Waals surface area (Å²) in [5.41, 5.74) is 5.46. The normalized spacial score (nSPS) is 13.2. The van der Waals surface area contributed by atoms with Crippen LogP contribution in [0.1, 0.15) is 90.5 Å². The fourth-order valence-corrected chi connectivity index (χ4v) is 8.41. The van der Waals surface area contributed by atoms with Gasteiger partial charge in [0.1, 0.15) is 42.7 Å². The number of Topliss-reactive ketones (excluding diaryl/α,β-unsaturated/α-hetero) is 2. The molecule has 7 rings (SSSR count). The minimum Gasteiger partial charge on any atom is -1.00 e. The standard InChI is InChI=1S/C23H27FO5.C21H24O5.C9H11FO3S.CH2O3.2K.H/c1-23(2)8-7-17-14-16(5-6-19(17)29-23)18(25)11-15-12-20(26-3)22(28-10-9-24)21(13-15)27-4;1-21(2)8-7-15-12-14(5-6-17(15)26-21)16(22)9-13-10-18(24-3)20(23)19(11-13)25-4;1-8-2-4-9(5-3-8)14(11,12)13-7-6-10;2-1-4-3;;;/h5-6,12-14H,7-11H2,1-4H3;5-6,10-12,23H,7-9H2,1-4H3;2-5H,6-7H2,1H3;1,3H;;;/q;;;;2*+1;-1/p-1. The van der Waals surface area contributed by atoms with Crippen molar-refractivity contribution in [2.75, 3.05) is 55.0 Å². The van der Waals surface area contributed by atoms with Gasteiger partial charge in [-0.15, -0.1) is 0 Å². The van der Waals surface area contributed by atoms with Crippen LogP contribution >= 0.6 is 0 Å². The molecular weight excluding hydrogens is 1050 g/mol. The fourth-order valence-electron chi connectivity index (χ4n) is 7.52. The molecule has 2 aliphatic rings. The van der Waals surface area contributed by atoms with E-state index in [1.54, 1.807) is 48.5 Å². The molecule has 0 spiro atoms. The van der Waals surface area contributed by atoms with Gasteiger partial charge in [0.25, 0.3) is 16.6 Å². The topological polar surface area (TPSA) is 212 Å². The van der Waals surface area contributed by atoms with Crippen LogP contribution in [0.3, 0.4) is 0 Å². The number of rotatable bonds is 18. The number of ether oxygens (including phenoxy) is 7. The van der Waals surface area contributed by atoms with Crippen LogP contribution in [0.25, 0.3) is 0 Å². The molecule has 75 heavy (non-hydrogen) atoms. The second-order valence-electron chi connectivity index (χ2n) is 17.8. The summed E-state index contributed by atoms with van der Waals surface area (Å²) in [5, 5.41) is 18.4. The van der Waals surface area contributed by atoms with E-state index in [1.807, 2.05) is 31.2 Å². The van der Waals surface area contributed by atoms with Crippen LogP contribution in [0.5, 0.6) is 46.0 Å². The molecule has 5 aromatic rings. The quantitative estimate of drug-likeness (QED) is 0.0334. The molecule has 0 saturated heterocycles. The maximum Gasteiger partial charge on any atom is 1.00 e. The van der Waals surface area contributed by atoms with E-state index < -0.39 is 30.1 Å². The Labute approximate surface area is 524 Å². The summed E-state index contributed by atoms with van der Waals surface area (Å²) >= 11 is 0. The van der Waals surface area contributed by atoms with E-state index in [0.29, 0.717) is 28.4 Å². The molecule has 21 heteroatoms. The number of phenols is 1. The molecule has 2 heterocycles. The van der Waals surface area contributed by atoms with E-state index in [4.69, 9.17) is 43.2 Å². The number of fused-ring (bicyclic) bond motifs is 2. The van der Waals surface area contributed by atoms with Crippen LogP contribution in [0.4, 0.5) is 8.78 Å². The van der Waals surface area contributed by atoms with Crippen LogP contribution in [-0.2, 0) is 49.7 Å². The number of carbonyl (C=O) groups excluding carboxylic acids is 3. The first-order valence-corrected chi connectivity index (χ1v) is 24.4. The van der Waals surface area contributed by atoms with Gasteiger partial charge in [-0.2, -0.15) is 8.42 Å². The van der Waals surface area contributed by atoms with Crippen LogP contribution in [0.15, 0.2) is 89.8 Å². The molecule has 5 aromatic carbocycles. The molecule has 0 aromatic heterocycles. The number of benzene rings is 5. The molecule has 398 valence electrons. The zero-order valence-corrected chi connectivity index (χ0v) is 51.5. The van der Waals surface area contributed by atoms with Crippen LogP contribution in [-0.4, -0.2) is 97.8 Å². The molecule has 0 saturated carbocycles. The minimum absolute atomic E-state index is 0. The average Bonchev–Trinajstić information content (AvgIpc) is 3.37. The SMILES string of the molecule is COc1cc(CC(=O)c2ccc3c(c2)CCC(C)(C)O3)cc(OC)c1O.COc1cc(CC(=O)c2ccc3c(c2)CCC(C)(C)O3)cc(OC)c1OCCF.Cc1ccc(S(=O)(=O)OCCF)cc1.O=CO[O-].[H-].[K+].[K+]. The van der Waals surface area contributed by atoms with Crippen LogP contribution < -0.4 is 141 Å². The maximum absolute atomic E-state index is 12.9. The van der Waals surface area contributed by atoms with Crippen molar-refractivity contribution < 1.29 is 188 Å². The fraction of sp³-hybridized carbons (Fsp3) is 0.389.